The van der Waals surface area contributed by atoms with E-state index in [0.717, 1.165) is 17.7 Å². The van der Waals surface area contributed by atoms with Crippen LogP contribution in [-0.2, 0) is 26.0 Å². The fraction of sp³-hybridized carbons (Fsp3) is 0.333. The Morgan fingerprint density at radius 1 is 1.03 bits per heavy atom. The molecule has 0 saturated carbocycles. The van der Waals surface area contributed by atoms with Gasteiger partial charge in [-0.05, 0) is 60.9 Å². The summed E-state index contributed by atoms with van der Waals surface area (Å²) in [5.41, 5.74) is 2.81. The van der Waals surface area contributed by atoms with Crippen LogP contribution in [0, 0.1) is 0 Å². The van der Waals surface area contributed by atoms with Gasteiger partial charge in [0.15, 0.2) is 0 Å². The van der Waals surface area contributed by atoms with Gasteiger partial charge in [-0.3, -0.25) is 14.3 Å². The number of hydrogen-bond acceptors (Lipinski definition) is 4. The third-order valence-corrected chi connectivity index (χ3v) is 6.15. The van der Waals surface area contributed by atoms with Crippen molar-refractivity contribution in [2.24, 2.45) is 0 Å². The topological polar surface area (TPSA) is 95.6 Å². The van der Waals surface area contributed by atoms with Crippen molar-refractivity contribution in [1.82, 2.24) is 0 Å². The number of anilines is 3. The van der Waals surface area contributed by atoms with Gasteiger partial charge in [0.1, 0.15) is 0 Å². The molecule has 0 atom stereocenters. The summed E-state index contributed by atoms with van der Waals surface area (Å²) in [5, 5.41) is 2.69. The molecule has 1 aliphatic heterocycles. The van der Waals surface area contributed by atoms with Crippen molar-refractivity contribution in [1.29, 1.82) is 0 Å². The summed E-state index contributed by atoms with van der Waals surface area (Å²) in [5.74, 6) is -0.0358. The van der Waals surface area contributed by atoms with E-state index < -0.39 is 10.0 Å². The molecule has 0 radical (unpaired) electrons. The third kappa shape index (κ3) is 4.76. The van der Waals surface area contributed by atoms with E-state index in [1.165, 1.54) is 12.1 Å². The molecule has 1 aliphatic rings. The average Bonchev–Trinajstić information content (AvgIpc) is 2.70. The first-order valence-corrected chi connectivity index (χ1v) is 11.2. The molecular weight excluding hydrogens is 390 g/mol. The minimum absolute atomic E-state index is 0.0999. The summed E-state index contributed by atoms with van der Waals surface area (Å²) in [6.45, 7) is 4.41. The molecule has 0 saturated heterocycles. The predicted molar refractivity (Wildman–Crippen MR) is 114 cm³/mol. The molecule has 154 valence electrons. The van der Waals surface area contributed by atoms with Crippen molar-refractivity contribution in [3.63, 3.8) is 0 Å². The SMILES string of the molecule is CCCN1C(=O)CCc2cc(NS(=O)(=O)c3ccc(NC(=O)CC)cc3)ccc21. The van der Waals surface area contributed by atoms with Crippen LogP contribution in [0.5, 0.6) is 0 Å². The van der Waals surface area contributed by atoms with Crippen LogP contribution < -0.4 is 14.9 Å². The fourth-order valence-electron chi connectivity index (χ4n) is 3.27. The molecule has 29 heavy (non-hydrogen) atoms. The lowest BCUT2D eigenvalue weighted by molar-refractivity contribution is -0.119. The van der Waals surface area contributed by atoms with Crippen molar-refractivity contribution in [2.45, 2.75) is 44.4 Å². The monoisotopic (exact) mass is 415 g/mol. The maximum atomic E-state index is 12.7. The van der Waals surface area contributed by atoms with Crippen LogP contribution >= 0.6 is 0 Å². The molecule has 0 bridgehead atoms. The molecular formula is C21H25N3O4S. The summed E-state index contributed by atoms with van der Waals surface area (Å²) in [4.78, 5) is 25.5. The molecule has 2 aromatic carbocycles. The van der Waals surface area contributed by atoms with E-state index in [9.17, 15) is 18.0 Å². The highest BCUT2D eigenvalue weighted by molar-refractivity contribution is 7.92. The van der Waals surface area contributed by atoms with Crippen LogP contribution in [0.4, 0.5) is 17.1 Å². The maximum Gasteiger partial charge on any atom is 0.261 e. The van der Waals surface area contributed by atoms with E-state index in [2.05, 4.69) is 10.0 Å². The molecule has 0 aliphatic carbocycles. The molecule has 8 heteroatoms. The Bertz CT molecular complexity index is 1020. The Kier molecular flexibility index (Phi) is 6.22. The number of benzene rings is 2. The molecule has 3 rings (SSSR count). The van der Waals surface area contributed by atoms with Crippen LogP contribution in [0.25, 0.3) is 0 Å². The number of rotatable bonds is 7. The van der Waals surface area contributed by atoms with Gasteiger partial charge < -0.3 is 10.2 Å². The molecule has 2 aromatic rings. The Balaban J connectivity index is 1.79. The smallest absolute Gasteiger partial charge is 0.261 e. The lowest BCUT2D eigenvalue weighted by Gasteiger charge is -2.29. The Hall–Kier alpha value is -2.87. The zero-order chi connectivity index (χ0) is 21.0. The van der Waals surface area contributed by atoms with E-state index in [0.29, 0.717) is 37.2 Å². The number of nitrogens with zero attached hydrogens (tertiary/aromatic N) is 1. The van der Waals surface area contributed by atoms with E-state index in [1.807, 2.05) is 6.92 Å². The van der Waals surface area contributed by atoms with Crippen LogP contribution in [0.1, 0.15) is 38.7 Å². The van der Waals surface area contributed by atoms with Crippen LogP contribution in [-0.4, -0.2) is 26.8 Å². The first-order valence-electron chi connectivity index (χ1n) is 9.70. The van der Waals surface area contributed by atoms with Gasteiger partial charge in [-0.25, -0.2) is 8.42 Å². The Morgan fingerprint density at radius 2 is 1.72 bits per heavy atom. The first-order chi connectivity index (χ1) is 13.8. The number of sulfonamides is 1. The van der Waals surface area contributed by atoms with Crippen molar-refractivity contribution >= 4 is 38.9 Å². The highest BCUT2D eigenvalue weighted by atomic mass is 32.2. The van der Waals surface area contributed by atoms with Gasteiger partial charge in [0.25, 0.3) is 10.0 Å². The van der Waals surface area contributed by atoms with Gasteiger partial charge in [-0.2, -0.15) is 0 Å². The second kappa shape index (κ2) is 8.65. The van der Waals surface area contributed by atoms with Crippen molar-refractivity contribution in [3.8, 4) is 0 Å². The summed E-state index contributed by atoms with van der Waals surface area (Å²) in [7, 11) is -3.77. The third-order valence-electron chi connectivity index (χ3n) is 4.75. The van der Waals surface area contributed by atoms with Gasteiger partial charge in [-0.1, -0.05) is 13.8 Å². The summed E-state index contributed by atoms with van der Waals surface area (Å²) in [6.07, 6.45) is 2.22. The summed E-state index contributed by atoms with van der Waals surface area (Å²) >= 11 is 0. The number of nitrogens with one attached hydrogen (secondary N) is 2. The fourth-order valence-corrected chi connectivity index (χ4v) is 4.32. The van der Waals surface area contributed by atoms with Crippen molar-refractivity contribution in [3.05, 3.63) is 48.0 Å². The second-order valence-corrected chi connectivity index (χ2v) is 8.60. The van der Waals surface area contributed by atoms with Gasteiger partial charge in [0.05, 0.1) is 4.90 Å². The number of carbonyl (C=O) groups is 2. The number of amides is 2. The molecule has 0 spiro atoms. The number of hydrogen-bond donors (Lipinski definition) is 2. The zero-order valence-electron chi connectivity index (χ0n) is 16.6. The average molecular weight is 416 g/mol. The predicted octanol–water partition coefficient (Wildman–Crippen LogP) is 3.53. The quantitative estimate of drug-likeness (QED) is 0.723. The molecule has 2 N–H and O–H groups in total. The normalized spacial score (nSPS) is 13.7. The highest BCUT2D eigenvalue weighted by Crippen LogP contribution is 2.31. The number of carbonyl (C=O) groups excluding carboxylic acids is 2. The standard InChI is InChI=1S/C21H25N3O4S/c1-3-13-24-19-11-8-17(14-15(19)5-12-21(24)26)23-29(27,28)18-9-6-16(7-10-18)22-20(25)4-2/h6-11,14,23H,3-5,12-13H2,1-2H3,(H,22,25). The lowest BCUT2D eigenvalue weighted by Crippen LogP contribution is -2.35. The minimum atomic E-state index is -3.77. The highest BCUT2D eigenvalue weighted by Gasteiger charge is 2.24. The minimum Gasteiger partial charge on any atom is -0.326 e. The van der Waals surface area contributed by atoms with E-state index in [-0.39, 0.29) is 16.7 Å². The molecule has 0 aromatic heterocycles. The van der Waals surface area contributed by atoms with E-state index >= 15 is 0 Å². The second-order valence-electron chi connectivity index (χ2n) is 6.92. The summed E-state index contributed by atoms with van der Waals surface area (Å²) < 4.78 is 28.0. The van der Waals surface area contributed by atoms with Gasteiger partial charge >= 0.3 is 0 Å². The van der Waals surface area contributed by atoms with Crippen molar-refractivity contribution in [2.75, 3.05) is 21.5 Å². The lowest BCUT2D eigenvalue weighted by atomic mass is 10.0. The molecule has 7 nitrogen and oxygen atoms in total. The molecule has 2 amide bonds. The molecule has 0 unspecified atom stereocenters. The Labute approximate surface area is 171 Å². The van der Waals surface area contributed by atoms with Crippen LogP contribution in [0.3, 0.4) is 0 Å². The van der Waals surface area contributed by atoms with Crippen molar-refractivity contribution < 1.29 is 18.0 Å². The first kappa shape index (κ1) is 20.9. The van der Waals surface area contributed by atoms with Gasteiger partial charge in [-0.15, -0.1) is 0 Å². The van der Waals surface area contributed by atoms with Gasteiger partial charge in [0.2, 0.25) is 11.8 Å². The van der Waals surface area contributed by atoms with E-state index in [4.69, 9.17) is 0 Å². The van der Waals surface area contributed by atoms with Crippen LogP contribution in [0.2, 0.25) is 0 Å². The summed E-state index contributed by atoms with van der Waals surface area (Å²) in [6, 6.07) is 11.3. The Morgan fingerprint density at radius 3 is 2.38 bits per heavy atom. The molecule has 1 heterocycles. The number of fused-ring (bicyclic) bond motifs is 1. The molecule has 0 fully saturated rings. The zero-order valence-corrected chi connectivity index (χ0v) is 17.4. The maximum absolute atomic E-state index is 12.7. The largest absolute Gasteiger partial charge is 0.326 e. The van der Waals surface area contributed by atoms with Gasteiger partial charge in [0, 0.05) is 36.4 Å². The number of aryl methyl sites for hydroxylation is 1. The van der Waals surface area contributed by atoms with Crippen LogP contribution in [0.15, 0.2) is 47.4 Å². The van der Waals surface area contributed by atoms with E-state index in [1.54, 1.807) is 42.2 Å².